The molecule has 0 radical (unpaired) electrons. The third-order valence-electron chi connectivity index (χ3n) is 5.14. The summed E-state index contributed by atoms with van der Waals surface area (Å²) in [6.45, 7) is 1.62. The molecule has 0 amide bonds. The highest BCUT2D eigenvalue weighted by molar-refractivity contribution is 5.79. The fourth-order valence-electron chi connectivity index (χ4n) is 4.15. The van der Waals surface area contributed by atoms with Crippen LogP contribution in [-0.2, 0) is 14.3 Å². The smallest absolute Gasteiger partial charge is 0.309 e. The molecule has 4 nitrogen and oxygen atoms in total. The maximum Gasteiger partial charge on any atom is 0.309 e. The molecule has 4 aliphatic rings. The van der Waals surface area contributed by atoms with E-state index in [0.717, 1.165) is 58.2 Å². The second-order valence-electron chi connectivity index (χ2n) is 6.74. The van der Waals surface area contributed by atoms with Crippen LogP contribution >= 0.6 is 0 Å². The van der Waals surface area contributed by atoms with Crippen molar-refractivity contribution in [2.24, 2.45) is 10.8 Å². The van der Waals surface area contributed by atoms with Gasteiger partial charge in [-0.3, -0.25) is 4.79 Å². The summed E-state index contributed by atoms with van der Waals surface area (Å²) in [6.07, 6.45) is 9.59. The summed E-state index contributed by atoms with van der Waals surface area (Å²) in [6, 6.07) is 0. The Kier molecular flexibility index (Phi) is 3.56. The molecular weight excluding hydrogens is 244 g/mol. The van der Waals surface area contributed by atoms with Gasteiger partial charge in [0.1, 0.15) is 0 Å². The molecule has 4 fully saturated rings. The minimum Gasteiger partial charge on any atom is -0.481 e. The molecule has 108 valence electrons. The lowest BCUT2D eigenvalue weighted by Crippen LogP contribution is -2.65. The summed E-state index contributed by atoms with van der Waals surface area (Å²) in [5.74, 6) is -0.577. The molecule has 0 aromatic carbocycles. The Labute approximate surface area is 114 Å². The largest absolute Gasteiger partial charge is 0.481 e. The van der Waals surface area contributed by atoms with Crippen molar-refractivity contribution in [3.05, 3.63) is 0 Å². The van der Waals surface area contributed by atoms with E-state index in [0.29, 0.717) is 5.41 Å². The summed E-state index contributed by atoms with van der Waals surface area (Å²) in [5, 5.41) is 9.06. The molecule has 3 aliphatic carbocycles. The summed E-state index contributed by atoms with van der Waals surface area (Å²) in [7, 11) is 0. The third kappa shape index (κ3) is 2.52. The van der Waals surface area contributed by atoms with Crippen LogP contribution in [0.5, 0.6) is 0 Å². The van der Waals surface area contributed by atoms with E-state index in [9.17, 15) is 4.79 Å². The topological polar surface area (TPSA) is 55.8 Å². The molecule has 3 saturated carbocycles. The van der Waals surface area contributed by atoms with E-state index in [-0.39, 0.29) is 11.7 Å². The lowest BCUT2D eigenvalue weighted by atomic mass is 9.34. The Bertz CT molecular complexity index is 326. The maximum atomic E-state index is 11.0. The number of aliphatic carboxylic acids is 1. The first-order chi connectivity index (χ1) is 9.14. The van der Waals surface area contributed by atoms with Crippen LogP contribution in [0.15, 0.2) is 0 Å². The zero-order chi connectivity index (χ0) is 13.3. The molecule has 1 aliphatic heterocycles. The molecule has 1 heterocycles. The van der Waals surface area contributed by atoms with Gasteiger partial charge < -0.3 is 14.6 Å². The number of hydrogen-bond donors (Lipinski definition) is 1. The van der Waals surface area contributed by atoms with E-state index in [1.807, 2.05) is 0 Å². The van der Waals surface area contributed by atoms with Crippen LogP contribution in [-0.4, -0.2) is 30.6 Å². The van der Waals surface area contributed by atoms with E-state index >= 15 is 0 Å². The van der Waals surface area contributed by atoms with Gasteiger partial charge in [0.2, 0.25) is 0 Å². The second-order valence-corrected chi connectivity index (χ2v) is 6.74. The molecule has 0 aromatic heterocycles. The standard InChI is InChI=1S/C15H24O4/c16-13(17)15-9-14(10-15,11-15)6-2-4-8-19-12-5-1-3-7-18-12/h12H,1-11H2,(H,16,17). The van der Waals surface area contributed by atoms with Gasteiger partial charge in [-0.05, 0) is 56.8 Å². The summed E-state index contributed by atoms with van der Waals surface area (Å²) >= 11 is 0. The van der Waals surface area contributed by atoms with Gasteiger partial charge in [-0.25, -0.2) is 0 Å². The third-order valence-corrected chi connectivity index (χ3v) is 5.14. The number of rotatable bonds is 7. The SMILES string of the molecule is O=C(O)C12CC(CCCCOC3CCCCO3)(C1)C2. The van der Waals surface area contributed by atoms with Crippen molar-refractivity contribution < 1.29 is 19.4 Å². The van der Waals surface area contributed by atoms with Crippen molar-refractivity contribution in [3.8, 4) is 0 Å². The fourth-order valence-corrected chi connectivity index (χ4v) is 4.15. The zero-order valence-electron chi connectivity index (χ0n) is 11.5. The van der Waals surface area contributed by atoms with Crippen LogP contribution in [0.1, 0.15) is 57.8 Å². The predicted octanol–water partition coefficient (Wildman–Crippen LogP) is 2.95. The van der Waals surface area contributed by atoms with Crippen LogP contribution in [0.4, 0.5) is 0 Å². The number of carboxylic acid groups (broad SMARTS) is 1. The second kappa shape index (κ2) is 5.06. The van der Waals surface area contributed by atoms with Crippen LogP contribution in [0.2, 0.25) is 0 Å². The van der Waals surface area contributed by atoms with Crippen LogP contribution < -0.4 is 0 Å². The first-order valence-corrected chi connectivity index (χ1v) is 7.61. The molecule has 1 N–H and O–H groups in total. The maximum absolute atomic E-state index is 11.0. The van der Waals surface area contributed by atoms with E-state index in [1.165, 1.54) is 12.8 Å². The van der Waals surface area contributed by atoms with Crippen molar-refractivity contribution in [3.63, 3.8) is 0 Å². The Balaban J connectivity index is 1.24. The van der Waals surface area contributed by atoms with E-state index in [1.54, 1.807) is 0 Å². The fraction of sp³-hybridized carbons (Fsp3) is 0.933. The Morgan fingerprint density at radius 1 is 1.26 bits per heavy atom. The molecular formula is C15H24O4. The highest BCUT2D eigenvalue weighted by atomic mass is 16.7. The van der Waals surface area contributed by atoms with Crippen LogP contribution in [0.3, 0.4) is 0 Å². The lowest BCUT2D eigenvalue weighted by Gasteiger charge is -2.68. The monoisotopic (exact) mass is 268 g/mol. The predicted molar refractivity (Wildman–Crippen MR) is 69.7 cm³/mol. The Morgan fingerprint density at radius 2 is 2.05 bits per heavy atom. The Hall–Kier alpha value is -0.610. The molecule has 1 atom stereocenters. The van der Waals surface area contributed by atoms with Gasteiger partial charge in [-0.15, -0.1) is 0 Å². The molecule has 19 heavy (non-hydrogen) atoms. The molecule has 2 bridgehead atoms. The van der Waals surface area contributed by atoms with Gasteiger partial charge in [0.05, 0.1) is 5.41 Å². The summed E-state index contributed by atoms with van der Waals surface area (Å²) < 4.78 is 11.2. The highest BCUT2D eigenvalue weighted by Crippen LogP contribution is 2.75. The molecule has 4 heteroatoms. The summed E-state index contributed by atoms with van der Waals surface area (Å²) in [4.78, 5) is 11.0. The average molecular weight is 268 g/mol. The summed E-state index contributed by atoms with van der Waals surface area (Å²) in [5.41, 5.74) is 0.0756. The van der Waals surface area contributed by atoms with Gasteiger partial charge in [-0.2, -0.15) is 0 Å². The molecule has 1 unspecified atom stereocenters. The van der Waals surface area contributed by atoms with Gasteiger partial charge >= 0.3 is 5.97 Å². The van der Waals surface area contributed by atoms with E-state index in [2.05, 4.69) is 0 Å². The molecule has 1 saturated heterocycles. The van der Waals surface area contributed by atoms with Gasteiger partial charge in [-0.1, -0.05) is 6.42 Å². The van der Waals surface area contributed by atoms with Crippen molar-refractivity contribution in [2.75, 3.05) is 13.2 Å². The van der Waals surface area contributed by atoms with E-state index < -0.39 is 5.97 Å². The minimum atomic E-state index is -0.577. The lowest BCUT2D eigenvalue weighted by molar-refractivity contribution is -0.225. The zero-order valence-corrected chi connectivity index (χ0v) is 11.5. The van der Waals surface area contributed by atoms with Crippen molar-refractivity contribution in [1.82, 2.24) is 0 Å². The molecule has 4 rings (SSSR count). The van der Waals surface area contributed by atoms with E-state index in [4.69, 9.17) is 14.6 Å². The van der Waals surface area contributed by atoms with Crippen molar-refractivity contribution in [2.45, 2.75) is 64.1 Å². The van der Waals surface area contributed by atoms with Crippen LogP contribution in [0.25, 0.3) is 0 Å². The first-order valence-electron chi connectivity index (χ1n) is 7.61. The highest BCUT2D eigenvalue weighted by Gasteiger charge is 2.70. The van der Waals surface area contributed by atoms with Crippen molar-refractivity contribution >= 4 is 5.97 Å². The number of carbonyl (C=O) groups is 1. The molecule has 0 aromatic rings. The van der Waals surface area contributed by atoms with Crippen LogP contribution in [0, 0.1) is 10.8 Å². The van der Waals surface area contributed by atoms with Gasteiger partial charge in [0.15, 0.2) is 6.29 Å². The number of hydrogen-bond acceptors (Lipinski definition) is 3. The minimum absolute atomic E-state index is 0.0268. The Morgan fingerprint density at radius 3 is 2.68 bits per heavy atom. The van der Waals surface area contributed by atoms with Crippen molar-refractivity contribution in [1.29, 1.82) is 0 Å². The van der Waals surface area contributed by atoms with Gasteiger partial charge in [0, 0.05) is 13.2 Å². The average Bonchev–Trinajstić information content (AvgIpc) is 2.30. The number of ether oxygens (including phenoxy) is 2. The normalized spacial score (nSPS) is 40.3. The quantitative estimate of drug-likeness (QED) is 0.721. The number of carboxylic acids is 1. The first kappa shape index (κ1) is 13.4. The number of unbranched alkanes of at least 4 members (excludes halogenated alkanes) is 1. The van der Waals surface area contributed by atoms with Gasteiger partial charge in [0.25, 0.3) is 0 Å². The molecule has 0 spiro atoms.